The van der Waals surface area contributed by atoms with Crippen LogP contribution in [-0.4, -0.2) is 50.0 Å². The quantitative estimate of drug-likeness (QED) is 0.788. The van der Waals surface area contributed by atoms with Gasteiger partial charge in [-0.25, -0.2) is 0 Å². The zero-order valence-electron chi connectivity index (χ0n) is 10.6. The molecule has 1 saturated heterocycles. The van der Waals surface area contributed by atoms with Gasteiger partial charge in [0.05, 0.1) is 6.61 Å². The van der Waals surface area contributed by atoms with Crippen molar-refractivity contribution in [1.82, 2.24) is 4.90 Å². The fourth-order valence-electron chi connectivity index (χ4n) is 2.08. The number of hydrogen-bond donors (Lipinski definition) is 1. The molecule has 1 heterocycles. The van der Waals surface area contributed by atoms with E-state index in [4.69, 9.17) is 5.73 Å². The van der Waals surface area contributed by atoms with Gasteiger partial charge in [-0.3, -0.25) is 0 Å². The zero-order chi connectivity index (χ0) is 12.9. The Morgan fingerprint density at radius 2 is 1.89 bits per heavy atom. The Bertz CT molecular complexity index is 219. The molecular weight excluding hydrogens is 269 g/mol. The Morgan fingerprint density at radius 3 is 2.33 bits per heavy atom. The van der Waals surface area contributed by atoms with Crippen molar-refractivity contribution in [1.29, 1.82) is 0 Å². The van der Waals surface area contributed by atoms with E-state index in [9.17, 15) is 13.2 Å². The molecule has 0 aromatic heterocycles. The van der Waals surface area contributed by atoms with E-state index in [1.807, 2.05) is 6.92 Å². The number of hydrogen-bond acceptors (Lipinski definition) is 3. The highest BCUT2D eigenvalue weighted by Gasteiger charge is 2.27. The second kappa shape index (κ2) is 8.19. The van der Waals surface area contributed by atoms with Crippen molar-refractivity contribution in [3.63, 3.8) is 0 Å². The molecule has 0 aliphatic carbocycles. The zero-order valence-corrected chi connectivity index (χ0v) is 11.4. The van der Waals surface area contributed by atoms with Crippen LogP contribution >= 0.6 is 12.4 Å². The Hall–Kier alpha value is -0.0400. The van der Waals surface area contributed by atoms with Crippen molar-refractivity contribution in [2.75, 3.05) is 32.8 Å². The summed E-state index contributed by atoms with van der Waals surface area (Å²) in [6.45, 7) is 3.38. The van der Waals surface area contributed by atoms with Gasteiger partial charge in [0.15, 0.2) is 0 Å². The van der Waals surface area contributed by atoms with Crippen LogP contribution in [0, 0.1) is 5.92 Å². The third-order valence-electron chi connectivity index (χ3n) is 3.19. The van der Waals surface area contributed by atoms with E-state index in [1.54, 1.807) is 0 Å². The molecule has 0 bridgehead atoms. The molecule has 1 fully saturated rings. The smallest absolute Gasteiger partial charge is 0.371 e. The van der Waals surface area contributed by atoms with Crippen LogP contribution in [0.5, 0.6) is 0 Å². The topological polar surface area (TPSA) is 38.5 Å². The van der Waals surface area contributed by atoms with Gasteiger partial charge < -0.3 is 15.4 Å². The van der Waals surface area contributed by atoms with Gasteiger partial charge in [-0.05, 0) is 38.8 Å². The van der Waals surface area contributed by atoms with E-state index in [0.29, 0.717) is 12.5 Å². The van der Waals surface area contributed by atoms with Crippen LogP contribution in [-0.2, 0) is 4.74 Å². The Morgan fingerprint density at radius 1 is 1.33 bits per heavy atom. The monoisotopic (exact) mass is 290 g/mol. The van der Waals surface area contributed by atoms with Crippen LogP contribution in [0.4, 0.5) is 13.2 Å². The Kier molecular flexibility index (Phi) is 8.18. The molecule has 7 heteroatoms. The van der Waals surface area contributed by atoms with Crippen LogP contribution in [0.3, 0.4) is 0 Å². The van der Waals surface area contributed by atoms with Crippen molar-refractivity contribution < 1.29 is 17.9 Å². The van der Waals surface area contributed by atoms with E-state index in [0.717, 1.165) is 25.9 Å². The maximum Gasteiger partial charge on any atom is 0.411 e. The number of nitrogens with two attached hydrogens (primary N) is 1. The molecule has 1 aliphatic heterocycles. The van der Waals surface area contributed by atoms with Gasteiger partial charge in [0, 0.05) is 12.6 Å². The molecule has 110 valence electrons. The fourth-order valence-corrected chi connectivity index (χ4v) is 2.08. The van der Waals surface area contributed by atoms with Gasteiger partial charge >= 0.3 is 6.18 Å². The Labute approximate surface area is 112 Å². The fraction of sp³-hybridized carbons (Fsp3) is 1.00. The molecule has 1 aliphatic rings. The molecule has 1 rings (SSSR count). The van der Waals surface area contributed by atoms with Crippen LogP contribution in [0.25, 0.3) is 0 Å². The standard InChI is InChI=1S/C11H21F3N2O.ClH/c1-9(15)10-2-4-16(5-3-10)6-7-17-8-11(12,13)14;/h9-10H,2-8,15H2,1H3;1H. The molecule has 0 saturated carbocycles. The molecule has 1 unspecified atom stereocenters. The molecule has 0 aromatic carbocycles. The minimum Gasteiger partial charge on any atom is -0.371 e. The van der Waals surface area contributed by atoms with E-state index >= 15 is 0 Å². The van der Waals surface area contributed by atoms with Crippen LogP contribution in [0.2, 0.25) is 0 Å². The number of piperidine rings is 1. The molecule has 2 N–H and O–H groups in total. The van der Waals surface area contributed by atoms with Crippen molar-refractivity contribution in [3.05, 3.63) is 0 Å². The number of alkyl halides is 3. The van der Waals surface area contributed by atoms with Gasteiger partial charge in [0.1, 0.15) is 6.61 Å². The minimum absolute atomic E-state index is 0. The predicted molar refractivity (Wildman–Crippen MR) is 66.9 cm³/mol. The molecule has 0 amide bonds. The van der Waals surface area contributed by atoms with Gasteiger partial charge in [-0.15, -0.1) is 12.4 Å². The third-order valence-corrected chi connectivity index (χ3v) is 3.19. The second-order valence-electron chi connectivity index (χ2n) is 4.71. The Balaban J connectivity index is 0.00000289. The minimum atomic E-state index is -4.22. The molecule has 1 atom stereocenters. The summed E-state index contributed by atoms with van der Waals surface area (Å²) in [5.41, 5.74) is 5.81. The predicted octanol–water partition coefficient (Wildman–Crippen LogP) is 2.05. The summed E-state index contributed by atoms with van der Waals surface area (Å²) >= 11 is 0. The molecule has 3 nitrogen and oxygen atoms in total. The summed E-state index contributed by atoms with van der Waals surface area (Å²) in [4.78, 5) is 2.13. The third kappa shape index (κ3) is 7.41. The lowest BCUT2D eigenvalue weighted by atomic mass is 9.91. The van der Waals surface area contributed by atoms with Crippen molar-refractivity contribution in [2.24, 2.45) is 11.7 Å². The first-order valence-electron chi connectivity index (χ1n) is 6.01. The number of rotatable bonds is 5. The lowest BCUT2D eigenvalue weighted by Gasteiger charge is -2.33. The highest BCUT2D eigenvalue weighted by atomic mass is 35.5. The van der Waals surface area contributed by atoms with Crippen molar-refractivity contribution in [3.8, 4) is 0 Å². The molecular formula is C11H22ClF3N2O. The number of halogens is 4. The summed E-state index contributed by atoms with van der Waals surface area (Å²) in [6, 6.07) is 0.207. The van der Waals surface area contributed by atoms with E-state index < -0.39 is 12.8 Å². The largest absolute Gasteiger partial charge is 0.411 e. The maximum atomic E-state index is 11.8. The lowest BCUT2D eigenvalue weighted by molar-refractivity contribution is -0.174. The average Bonchev–Trinajstić information content (AvgIpc) is 2.24. The summed E-state index contributed by atoms with van der Waals surface area (Å²) in [7, 11) is 0. The van der Waals surface area contributed by atoms with E-state index in [-0.39, 0.29) is 25.1 Å². The van der Waals surface area contributed by atoms with Crippen molar-refractivity contribution >= 4 is 12.4 Å². The highest BCUT2D eigenvalue weighted by molar-refractivity contribution is 5.85. The second-order valence-corrected chi connectivity index (χ2v) is 4.71. The van der Waals surface area contributed by atoms with E-state index in [2.05, 4.69) is 9.64 Å². The highest BCUT2D eigenvalue weighted by Crippen LogP contribution is 2.19. The van der Waals surface area contributed by atoms with Crippen LogP contribution < -0.4 is 5.73 Å². The van der Waals surface area contributed by atoms with Crippen LogP contribution in [0.1, 0.15) is 19.8 Å². The van der Waals surface area contributed by atoms with Crippen LogP contribution in [0.15, 0.2) is 0 Å². The normalized spacial score (nSPS) is 20.5. The van der Waals surface area contributed by atoms with Gasteiger partial charge in [-0.2, -0.15) is 13.2 Å². The van der Waals surface area contributed by atoms with Crippen molar-refractivity contribution in [2.45, 2.75) is 32.0 Å². The number of nitrogens with zero attached hydrogens (tertiary/aromatic N) is 1. The summed E-state index contributed by atoms with van der Waals surface area (Å²) in [6.07, 6.45) is -2.17. The summed E-state index contributed by atoms with van der Waals surface area (Å²) < 4.78 is 40.0. The number of likely N-dealkylation sites (tertiary alicyclic amines) is 1. The summed E-state index contributed by atoms with van der Waals surface area (Å²) in [5, 5.41) is 0. The first-order valence-corrected chi connectivity index (χ1v) is 6.01. The molecule has 18 heavy (non-hydrogen) atoms. The van der Waals surface area contributed by atoms with Gasteiger partial charge in [-0.1, -0.05) is 0 Å². The number of ether oxygens (including phenoxy) is 1. The van der Waals surface area contributed by atoms with Gasteiger partial charge in [0.25, 0.3) is 0 Å². The lowest BCUT2D eigenvalue weighted by Crippen LogP contribution is -2.41. The first kappa shape index (κ1) is 18.0. The molecule has 0 radical (unpaired) electrons. The maximum absolute atomic E-state index is 11.8. The van der Waals surface area contributed by atoms with E-state index in [1.165, 1.54) is 0 Å². The molecule has 0 spiro atoms. The first-order chi connectivity index (χ1) is 7.88. The van der Waals surface area contributed by atoms with Gasteiger partial charge in [0.2, 0.25) is 0 Å². The molecule has 0 aromatic rings. The average molecular weight is 291 g/mol. The SMILES string of the molecule is CC(N)C1CCN(CCOCC(F)(F)F)CC1.Cl. The summed E-state index contributed by atoms with van der Waals surface area (Å²) in [5.74, 6) is 0.544.